The Morgan fingerprint density at radius 3 is 2.70 bits per heavy atom. The number of para-hydroxylation sites is 2. The Labute approximate surface area is 199 Å². The standard InChI is InChI=1S/C26H21ClN2O3S/c1-3-31-22-13-17(12-19(27)24(22)32-15-18-9-5-4-8-16(18)2)14-23-25(30)29-21-11-7-6-10-20(21)28-26(29)33-23/h4-14H,3,15H2,1-2H3. The summed E-state index contributed by atoms with van der Waals surface area (Å²) in [5, 5.41) is 0.431. The summed E-state index contributed by atoms with van der Waals surface area (Å²) in [5.74, 6) is 1.04. The third kappa shape index (κ3) is 4.08. The van der Waals surface area contributed by atoms with Gasteiger partial charge in [0.15, 0.2) is 16.5 Å². The Morgan fingerprint density at radius 2 is 1.88 bits per heavy atom. The van der Waals surface area contributed by atoms with Gasteiger partial charge in [-0.25, -0.2) is 9.38 Å². The van der Waals surface area contributed by atoms with Crippen LogP contribution < -0.4 is 19.6 Å². The van der Waals surface area contributed by atoms with Crippen LogP contribution >= 0.6 is 22.9 Å². The van der Waals surface area contributed by atoms with E-state index in [1.54, 1.807) is 10.5 Å². The molecule has 3 aromatic carbocycles. The molecule has 0 atom stereocenters. The third-order valence-corrected chi connectivity index (χ3v) is 6.66. The lowest BCUT2D eigenvalue weighted by Crippen LogP contribution is -2.22. The van der Waals surface area contributed by atoms with Gasteiger partial charge in [0.25, 0.3) is 5.56 Å². The van der Waals surface area contributed by atoms with Crippen molar-refractivity contribution in [1.82, 2.24) is 9.38 Å². The second-order valence-electron chi connectivity index (χ2n) is 7.61. The molecular weight excluding hydrogens is 456 g/mol. The summed E-state index contributed by atoms with van der Waals surface area (Å²) in [4.78, 5) is 18.3. The maximum atomic E-state index is 13.1. The van der Waals surface area contributed by atoms with Gasteiger partial charge in [-0.3, -0.25) is 4.79 Å². The fraction of sp³-hybridized carbons (Fsp3) is 0.154. The van der Waals surface area contributed by atoms with E-state index in [9.17, 15) is 4.79 Å². The van der Waals surface area contributed by atoms with Gasteiger partial charge in [0.1, 0.15) is 6.61 Å². The Bertz CT molecular complexity index is 1590. The first kappa shape index (κ1) is 21.5. The van der Waals surface area contributed by atoms with Gasteiger partial charge < -0.3 is 9.47 Å². The van der Waals surface area contributed by atoms with E-state index >= 15 is 0 Å². The van der Waals surface area contributed by atoms with E-state index in [2.05, 4.69) is 4.98 Å². The molecule has 0 fully saturated rings. The van der Waals surface area contributed by atoms with Gasteiger partial charge in [-0.1, -0.05) is 59.3 Å². The molecule has 0 radical (unpaired) electrons. The number of imidazole rings is 1. The minimum absolute atomic E-state index is 0.0994. The number of hydrogen-bond acceptors (Lipinski definition) is 5. The van der Waals surface area contributed by atoms with Crippen molar-refractivity contribution in [2.24, 2.45) is 0 Å². The molecule has 0 unspecified atom stereocenters. The first-order valence-electron chi connectivity index (χ1n) is 10.6. The number of thiazole rings is 1. The molecule has 0 saturated heterocycles. The van der Waals surface area contributed by atoms with Crippen LogP contribution in [0, 0.1) is 6.92 Å². The fourth-order valence-corrected chi connectivity index (χ4v) is 5.02. The maximum Gasteiger partial charge on any atom is 0.274 e. The molecule has 0 aliphatic carbocycles. The molecule has 33 heavy (non-hydrogen) atoms. The summed E-state index contributed by atoms with van der Waals surface area (Å²) in [7, 11) is 0. The van der Waals surface area contributed by atoms with Crippen molar-refractivity contribution in [3.8, 4) is 11.5 Å². The monoisotopic (exact) mass is 476 g/mol. The second kappa shape index (κ2) is 8.89. The summed E-state index contributed by atoms with van der Waals surface area (Å²) in [5.41, 5.74) is 4.51. The molecule has 166 valence electrons. The largest absolute Gasteiger partial charge is 0.490 e. The molecular formula is C26H21ClN2O3S. The highest BCUT2D eigenvalue weighted by Gasteiger charge is 2.14. The molecule has 0 spiro atoms. The van der Waals surface area contributed by atoms with E-state index in [1.165, 1.54) is 11.3 Å². The molecule has 0 aliphatic rings. The molecule has 5 aromatic rings. The van der Waals surface area contributed by atoms with Crippen molar-refractivity contribution in [1.29, 1.82) is 0 Å². The molecule has 0 aliphatic heterocycles. The zero-order valence-corrected chi connectivity index (χ0v) is 19.7. The summed E-state index contributed by atoms with van der Waals surface area (Å²) < 4.78 is 14.1. The SMILES string of the molecule is CCOc1cc(C=c2sc3nc4ccccc4n3c2=O)cc(Cl)c1OCc1ccccc1C. The second-order valence-corrected chi connectivity index (χ2v) is 9.03. The quantitative estimate of drug-likeness (QED) is 0.329. The van der Waals surface area contributed by atoms with Gasteiger partial charge in [-0.05, 0) is 60.9 Å². The summed E-state index contributed by atoms with van der Waals surface area (Å²) in [6.07, 6.45) is 1.82. The lowest BCUT2D eigenvalue weighted by Gasteiger charge is -2.15. The highest BCUT2D eigenvalue weighted by atomic mass is 35.5. The average molecular weight is 477 g/mol. The Morgan fingerprint density at radius 1 is 1.09 bits per heavy atom. The highest BCUT2D eigenvalue weighted by molar-refractivity contribution is 7.15. The van der Waals surface area contributed by atoms with E-state index in [0.29, 0.717) is 39.2 Å². The first-order chi connectivity index (χ1) is 16.0. The number of aryl methyl sites for hydroxylation is 1. The number of halogens is 1. The number of aromatic nitrogens is 2. The van der Waals surface area contributed by atoms with Crippen LogP contribution in [0.25, 0.3) is 22.1 Å². The zero-order chi connectivity index (χ0) is 22.9. The van der Waals surface area contributed by atoms with Crippen molar-refractivity contribution in [3.63, 3.8) is 0 Å². The Balaban J connectivity index is 1.54. The van der Waals surface area contributed by atoms with Crippen LogP contribution in [0.3, 0.4) is 0 Å². The van der Waals surface area contributed by atoms with Crippen LogP contribution in [0.1, 0.15) is 23.6 Å². The number of ether oxygens (including phenoxy) is 2. The van der Waals surface area contributed by atoms with Crippen molar-refractivity contribution in [3.05, 3.63) is 97.3 Å². The number of nitrogens with zero attached hydrogens (tertiary/aromatic N) is 2. The van der Waals surface area contributed by atoms with Crippen LogP contribution in [0.4, 0.5) is 0 Å². The smallest absolute Gasteiger partial charge is 0.274 e. The van der Waals surface area contributed by atoms with Crippen LogP contribution in [0.15, 0.2) is 65.5 Å². The van der Waals surface area contributed by atoms with Crippen molar-refractivity contribution in [2.75, 3.05) is 6.61 Å². The van der Waals surface area contributed by atoms with Crippen LogP contribution in [0.2, 0.25) is 5.02 Å². The van der Waals surface area contributed by atoms with E-state index in [1.807, 2.05) is 74.5 Å². The number of hydrogen-bond donors (Lipinski definition) is 0. The van der Waals surface area contributed by atoms with Crippen molar-refractivity contribution < 1.29 is 9.47 Å². The number of fused-ring (bicyclic) bond motifs is 3. The van der Waals surface area contributed by atoms with Crippen molar-refractivity contribution in [2.45, 2.75) is 20.5 Å². The average Bonchev–Trinajstić information content (AvgIpc) is 3.30. The molecule has 0 N–H and O–H groups in total. The van der Waals surface area contributed by atoms with E-state index in [-0.39, 0.29) is 5.56 Å². The zero-order valence-electron chi connectivity index (χ0n) is 18.2. The summed E-state index contributed by atoms with van der Waals surface area (Å²) in [6, 6.07) is 19.3. The Hall–Kier alpha value is -3.35. The van der Waals surface area contributed by atoms with Gasteiger partial charge in [0, 0.05) is 0 Å². The topological polar surface area (TPSA) is 52.8 Å². The van der Waals surface area contributed by atoms with E-state index < -0.39 is 0 Å². The third-order valence-electron chi connectivity index (χ3n) is 5.41. The molecule has 5 rings (SSSR count). The van der Waals surface area contributed by atoms with Crippen molar-refractivity contribution >= 4 is 45.0 Å². The lowest BCUT2D eigenvalue weighted by molar-refractivity contribution is 0.269. The first-order valence-corrected chi connectivity index (χ1v) is 11.8. The molecule has 0 bridgehead atoms. The minimum Gasteiger partial charge on any atom is -0.490 e. The van der Waals surface area contributed by atoms with Gasteiger partial charge >= 0.3 is 0 Å². The van der Waals surface area contributed by atoms with Crippen LogP contribution in [0.5, 0.6) is 11.5 Å². The number of benzene rings is 3. The lowest BCUT2D eigenvalue weighted by atomic mass is 10.1. The van der Waals surface area contributed by atoms with Crippen LogP contribution in [-0.4, -0.2) is 16.0 Å². The van der Waals surface area contributed by atoms with E-state index in [0.717, 1.165) is 27.7 Å². The fourth-order valence-electron chi connectivity index (χ4n) is 3.76. The van der Waals surface area contributed by atoms with Gasteiger partial charge in [-0.15, -0.1) is 0 Å². The van der Waals surface area contributed by atoms with Gasteiger partial charge in [0.2, 0.25) is 0 Å². The predicted molar refractivity (Wildman–Crippen MR) is 134 cm³/mol. The predicted octanol–water partition coefficient (Wildman–Crippen LogP) is 5.40. The molecule has 5 nitrogen and oxygen atoms in total. The summed E-state index contributed by atoms with van der Waals surface area (Å²) in [6.45, 7) is 4.80. The summed E-state index contributed by atoms with van der Waals surface area (Å²) >= 11 is 7.95. The molecule has 0 saturated carbocycles. The highest BCUT2D eigenvalue weighted by Crippen LogP contribution is 2.37. The molecule has 7 heteroatoms. The number of rotatable bonds is 6. The normalized spacial score (nSPS) is 12.0. The molecule has 2 heterocycles. The van der Waals surface area contributed by atoms with Crippen LogP contribution in [-0.2, 0) is 6.61 Å². The van der Waals surface area contributed by atoms with E-state index in [4.69, 9.17) is 21.1 Å². The minimum atomic E-state index is -0.0994. The maximum absolute atomic E-state index is 13.1. The van der Waals surface area contributed by atoms with Gasteiger partial charge in [0.05, 0.1) is 27.2 Å². The molecule has 2 aromatic heterocycles. The molecule has 0 amide bonds. The van der Waals surface area contributed by atoms with Gasteiger partial charge in [-0.2, -0.15) is 0 Å². The Kier molecular flexibility index (Phi) is 5.79.